The summed E-state index contributed by atoms with van der Waals surface area (Å²) in [5, 5.41) is 9.79. The maximum absolute atomic E-state index is 2.48. The van der Waals surface area contributed by atoms with Crippen LogP contribution in [0.25, 0.3) is 110 Å². The molecule has 0 amide bonds. The number of aromatic nitrogens is 2. The van der Waals surface area contributed by atoms with E-state index in [9.17, 15) is 0 Å². The smallest absolute Gasteiger partial charge is 0.0562 e. The van der Waals surface area contributed by atoms with E-state index in [1.165, 1.54) is 87.5 Å². The molecule has 0 aliphatic heterocycles. The van der Waals surface area contributed by atoms with Crippen molar-refractivity contribution in [1.29, 1.82) is 0 Å². The molecule has 0 N–H and O–H groups in total. The molecule has 2 heterocycles. The van der Waals surface area contributed by atoms with Gasteiger partial charge in [-0.05, 0) is 140 Å². The Morgan fingerprint density at radius 3 is 1.28 bits per heavy atom. The van der Waals surface area contributed by atoms with Crippen LogP contribution in [0.2, 0.25) is 0 Å². The van der Waals surface area contributed by atoms with Crippen LogP contribution >= 0.6 is 0 Å². The van der Waals surface area contributed by atoms with Gasteiger partial charge in [-0.2, -0.15) is 0 Å². The molecule has 0 unspecified atom stereocenters. The first-order chi connectivity index (χ1) is 35.2. The average Bonchev–Trinajstić information content (AvgIpc) is 3.96. The summed E-state index contributed by atoms with van der Waals surface area (Å²) in [7, 11) is 0. The Bertz CT molecular complexity index is 4190. The predicted molar refractivity (Wildman–Crippen MR) is 301 cm³/mol. The van der Waals surface area contributed by atoms with Crippen LogP contribution < -0.4 is 4.90 Å². The third kappa shape index (κ3) is 6.82. The van der Waals surface area contributed by atoms with Gasteiger partial charge in [-0.3, -0.25) is 0 Å². The first-order valence-corrected chi connectivity index (χ1v) is 24.4. The molecule has 0 radical (unpaired) electrons. The molecule has 0 aliphatic carbocycles. The monoisotopic (exact) mass is 903 g/mol. The molecule has 0 aliphatic rings. The summed E-state index contributed by atoms with van der Waals surface area (Å²) in [6.07, 6.45) is 0. The molecule has 0 spiro atoms. The van der Waals surface area contributed by atoms with E-state index in [0.29, 0.717) is 0 Å². The molecule has 0 saturated carbocycles. The van der Waals surface area contributed by atoms with E-state index in [0.717, 1.165) is 39.5 Å². The highest BCUT2D eigenvalue weighted by molar-refractivity contribution is 6.19. The Morgan fingerprint density at radius 1 is 0.254 bits per heavy atom. The van der Waals surface area contributed by atoms with Crippen molar-refractivity contribution >= 4 is 82.2 Å². The zero-order chi connectivity index (χ0) is 46.8. The van der Waals surface area contributed by atoms with Gasteiger partial charge < -0.3 is 14.0 Å². The second-order valence-electron chi connectivity index (χ2n) is 18.5. The lowest BCUT2D eigenvalue weighted by molar-refractivity contribution is 1.18. The number of para-hydroxylation sites is 4. The zero-order valence-corrected chi connectivity index (χ0v) is 38.8. The summed E-state index contributed by atoms with van der Waals surface area (Å²) >= 11 is 0. The minimum Gasteiger partial charge on any atom is -0.310 e. The van der Waals surface area contributed by atoms with Gasteiger partial charge in [-0.1, -0.05) is 182 Å². The van der Waals surface area contributed by atoms with Crippen LogP contribution in [0.3, 0.4) is 0 Å². The van der Waals surface area contributed by atoms with Crippen molar-refractivity contribution < 1.29 is 0 Å². The van der Waals surface area contributed by atoms with Crippen LogP contribution in [0.4, 0.5) is 17.1 Å². The molecule has 0 fully saturated rings. The summed E-state index contributed by atoms with van der Waals surface area (Å²) in [5.41, 5.74) is 17.2. The predicted octanol–water partition coefficient (Wildman–Crippen LogP) is 18.7. The van der Waals surface area contributed by atoms with Crippen LogP contribution in [-0.2, 0) is 0 Å². The van der Waals surface area contributed by atoms with Gasteiger partial charge in [0, 0.05) is 49.9 Å². The molecule has 2 aromatic heterocycles. The van der Waals surface area contributed by atoms with Gasteiger partial charge in [-0.25, -0.2) is 0 Å². The standard InChI is InChI=1S/C68H45N3/c1-3-20-54(21-4-1)70-64-28-14-12-25-60(64)68-59(26-15-29-65(68)70)62-44-61-58-24-11-13-27-63(58)71(55-22-5-2-6-23-55)67(61)45-66(62)69(56-38-34-48(35-39-56)52-32-30-46-16-7-9-18-50(46)42-52)57-40-36-49(37-41-57)53-33-31-47-17-8-10-19-51(47)43-53/h1-45H. The molecule has 3 nitrogen and oxygen atoms in total. The van der Waals surface area contributed by atoms with E-state index < -0.39 is 0 Å². The van der Waals surface area contributed by atoms with Crippen molar-refractivity contribution in [3.8, 4) is 44.8 Å². The molecule has 332 valence electrons. The van der Waals surface area contributed by atoms with E-state index >= 15 is 0 Å². The molecule has 71 heavy (non-hydrogen) atoms. The van der Waals surface area contributed by atoms with Gasteiger partial charge in [-0.15, -0.1) is 0 Å². The SMILES string of the molecule is c1ccc(-n2c3ccccc3c3cc(-c4cccc5c4c4ccccc4n5-c4ccccc4)c(N(c4ccc(-c5ccc6ccccc6c5)cc4)c4ccc(-c5ccc6ccccc6c5)cc4)cc32)cc1. The van der Waals surface area contributed by atoms with Crippen molar-refractivity contribution in [1.82, 2.24) is 9.13 Å². The Hall–Kier alpha value is -9.44. The normalized spacial score (nSPS) is 11.7. The summed E-state index contributed by atoms with van der Waals surface area (Å²) < 4.78 is 4.85. The van der Waals surface area contributed by atoms with Crippen molar-refractivity contribution in [2.45, 2.75) is 0 Å². The van der Waals surface area contributed by atoms with E-state index in [-0.39, 0.29) is 0 Å². The summed E-state index contributed by atoms with van der Waals surface area (Å²) in [5.74, 6) is 0. The largest absolute Gasteiger partial charge is 0.310 e. The van der Waals surface area contributed by atoms with E-state index in [1.807, 2.05) is 0 Å². The highest BCUT2D eigenvalue weighted by atomic mass is 15.1. The highest BCUT2D eigenvalue weighted by Crippen LogP contribution is 2.49. The fourth-order valence-corrected chi connectivity index (χ4v) is 11.1. The minimum atomic E-state index is 1.06. The van der Waals surface area contributed by atoms with Crippen molar-refractivity contribution in [2.24, 2.45) is 0 Å². The van der Waals surface area contributed by atoms with Crippen molar-refractivity contribution in [2.75, 3.05) is 4.90 Å². The molecule has 14 aromatic rings. The Kier molecular flexibility index (Phi) is 9.53. The average molecular weight is 904 g/mol. The molecule has 0 saturated heterocycles. The summed E-state index contributed by atoms with van der Waals surface area (Å²) in [4.78, 5) is 2.48. The molecule has 0 bridgehead atoms. The van der Waals surface area contributed by atoms with Crippen LogP contribution in [0, 0.1) is 0 Å². The number of anilines is 3. The fraction of sp³-hybridized carbons (Fsp3) is 0. The molecule has 0 atom stereocenters. The van der Waals surface area contributed by atoms with Crippen molar-refractivity contribution in [3.63, 3.8) is 0 Å². The maximum Gasteiger partial charge on any atom is 0.0562 e. The van der Waals surface area contributed by atoms with Crippen LogP contribution in [-0.4, -0.2) is 9.13 Å². The van der Waals surface area contributed by atoms with Crippen LogP contribution in [0.5, 0.6) is 0 Å². The quantitative estimate of drug-likeness (QED) is 0.148. The molecule has 3 heteroatoms. The Balaban J connectivity index is 1.05. The summed E-state index contributed by atoms with van der Waals surface area (Å²) in [6, 6.07) is 100. The number of hydrogen-bond acceptors (Lipinski definition) is 1. The highest BCUT2D eigenvalue weighted by Gasteiger charge is 2.25. The third-order valence-electron chi connectivity index (χ3n) is 14.5. The first-order valence-electron chi connectivity index (χ1n) is 24.4. The Labute approximate surface area is 412 Å². The number of fused-ring (bicyclic) bond motifs is 8. The second kappa shape index (κ2) is 16.7. The number of benzene rings is 12. The second-order valence-corrected chi connectivity index (χ2v) is 18.5. The lowest BCUT2D eigenvalue weighted by Gasteiger charge is -2.29. The van der Waals surface area contributed by atoms with Gasteiger partial charge in [0.05, 0.1) is 27.8 Å². The summed E-state index contributed by atoms with van der Waals surface area (Å²) in [6.45, 7) is 0. The van der Waals surface area contributed by atoms with E-state index in [1.54, 1.807) is 0 Å². The lowest BCUT2D eigenvalue weighted by Crippen LogP contribution is -2.11. The van der Waals surface area contributed by atoms with Gasteiger partial charge in [0.2, 0.25) is 0 Å². The molecule has 14 rings (SSSR count). The molecular weight excluding hydrogens is 859 g/mol. The molecule has 12 aromatic carbocycles. The van der Waals surface area contributed by atoms with Gasteiger partial charge in [0.1, 0.15) is 0 Å². The fourth-order valence-electron chi connectivity index (χ4n) is 11.1. The Morgan fingerprint density at radius 2 is 0.704 bits per heavy atom. The zero-order valence-electron chi connectivity index (χ0n) is 38.8. The van der Waals surface area contributed by atoms with E-state index in [4.69, 9.17) is 0 Å². The van der Waals surface area contributed by atoms with Gasteiger partial charge in [0.25, 0.3) is 0 Å². The number of rotatable bonds is 8. The molecular formula is C68H45N3. The first kappa shape index (κ1) is 40.6. The van der Waals surface area contributed by atoms with E-state index in [2.05, 4.69) is 287 Å². The maximum atomic E-state index is 2.48. The lowest BCUT2D eigenvalue weighted by atomic mass is 9.94. The van der Waals surface area contributed by atoms with Gasteiger partial charge >= 0.3 is 0 Å². The minimum absolute atomic E-state index is 1.06. The topological polar surface area (TPSA) is 13.1 Å². The van der Waals surface area contributed by atoms with Crippen LogP contribution in [0.15, 0.2) is 273 Å². The van der Waals surface area contributed by atoms with Crippen LogP contribution in [0.1, 0.15) is 0 Å². The number of hydrogen-bond donors (Lipinski definition) is 0. The third-order valence-corrected chi connectivity index (χ3v) is 14.5. The van der Waals surface area contributed by atoms with Crippen molar-refractivity contribution in [3.05, 3.63) is 273 Å². The van der Waals surface area contributed by atoms with Gasteiger partial charge in [0.15, 0.2) is 0 Å². The number of nitrogens with zero attached hydrogens (tertiary/aromatic N) is 3.